The second-order valence-corrected chi connectivity index (χ2v) is 8.19. The first-order chi connectivity index (χ1) is 16.1. The number of carbonyl (C=O) groups excluding carboxylic acids is 2. The molecule has 33 heavy (non-hydrogen) atoms. The maximum absolute atomic E-state index is 13.3. The Morgan fingerprint density at radius 2 is 1.85 bits per heavy atom. The summed E-state index contributed by atoms with van der Waals surface area (Å²) >= 11 is 0. The lowest BCUT2D eigenvalue weighted by Gasteiger charge is -2.40. The standard InChI is InChI=1S/C27H29N3O3/c1-3-29-14-15-30(26(31)18-21-6-4-8-24(16-21)33-2)25(27(29)32)17-20-9-11-22(12-10-20)23-7-5-13-28-19-23/h4-13,16,19,25H,3,14-15,17-18H2,1-2H3/t25-/m0/s1. The molecule has 0 spiro atoms. The molecule has 6 heteroatoms. The molecule has 0 unspecified atom stereocenters. The third-order valence-electron chi connectivity index (χ3n) is 6.15. The van der Waals surface area contributed by atoms with Gasteiger partial charge in [0, 0.05) is 38.4 Å². The number of piperazine rings is 1. The Morgan fingerprint density at radius 3 is 2.55 bits per heavy atom. The smallest absolute Gasteiger partial charge is 0.245 e. The van der Waals surface area contributed by atoms with Crippen molar-refractivity contribution in [2.75, 3.05) is 26.7 Å². The fourth-order valence-electron chi connectivity index (χ4n) is 4.30. The van der Waals surface area contributed by atoms with Gasteiger partial charge in [0.15, 0.2) is 0 Å². The average Bonchev–Trinajstić information content (AvgIpc) is 2.86. The van der Waals surface area contributed by atoms with Crippen LogP contribution in [0.4, 0.5) is 0 Å². The predicted molar refractivity (Wildman–Crippen MR) is 128 cm³/mol. The zero-order chi connectivity index (χ0) is 23.2. The second kappa shape index (κ2) is 10.3. The van der Waals surface area contributed by atoms with Crippen molar-refractivity contribution in [1.29, 1.82) is 0 Å². The summed E-state index contributed by atoms with van der Waals surface area (Å²) in [6.45, 7) is 3.73. The molecular formula is C27H29N3O3. The van der Waals surface area contributed by atoms with Gasteiger partial charge in [0.2, 0.25) is 11.8 Å². The maximum Gasteiger partial charge on any atom is 0.245 e. The molecule has 1 aromatic heterocycles. The van der Waals surface area contributed by atoms with Gasteiger partial charge in [0.05, 0.1) is 13.5 Å². The maximum atomic E-state index is 13.3. The highest BCUT2D eigenvalue weighted by molar-refractivity contribution is 5.90. The van der Waals surface area contributed by atoms with E-state index in [1.807, 2.05) is 78.7 Å². The summed E-state index contributed by atoms with van der Waals surface area (Å²) in [5.41, 5.74) is 4.02. The van der Waals surface area contributed by atoms with Crippen molar-refractivity contribution >= 4 is 11.8 Å². The molecule has 170 valence electrons. The molecule has 2 aromatic carbocycles. The Bertz CT molecular complexity index is 1100. The first-order valence-corrected chi connectivity index (χ1v) is 11.3. The number of benzene rings is 2. The lowest BCUT2D eigenvalue weighted by Crippen LogP contribution is -2.59. The number of aromatic nitrogens is 1. The van der Waals surface area contributed by atoms with Crippen LogP contribution < -0.4 is 4.74 Å². The van der Waals surface area contributed by atoms with Gasteiger partial charge in [-0.05, 0) is 47.4 Å². The van der Waals surface area contributed by atoms with Gasteiger partial charge >= 0.3 is 0 Å². The summed E-state index contributed by atoms with van der Waals surface area (Å²) < 4.78 is 5.28. The second-order valence-electron chi connectivity index (χ2n) is 8.19. The molecule has 0 aliphatic carbocycles. The Kier molecular flexibility index (Phi) is 7.03. The Labute approximate surface area is 194 Å². The van der Waals surface area contributed by atoms with Crippen LogP contribution in [0.5, 0.6) is 5.75 Å². The van der Waals surface area contributed by atoms with E-state index in [-0.39, 0.29) is 18.2 Å². The molecule has 1 aliphatic heterocycles. The van der Waals surface area contributed by atoms with Crippen LogP contribution in [0.3, 0.4) is 0 Å². The third kappa shape index (κ3) is 5.22. The van der Waals surface area contributed by atoms with Crippen molar-refractivity contribution in [3.63, 3.8) is 0 Å². The first-order valence-electron chi connectivity index (χ1n) is 11.3. The van der Waals surface area contributed by atoms with Crippen LogP contribution in [-0.4, -0.2) is 59.4 Å². The highest BCUT2D eigenvalue weighted by Gasteiger charge is 2.36. The minimum absolute atomic E-state index is 0.0130. The highest BCUT2D eigenvalue weighted by Crippen LogP contribution is 2.22. The molecular weight excluding hydrogens is 414 g/mol. The van der Waals surface area contributed by atoms with E-state index in [0.717, 1.165) is 28.0 Å². The van der Waals surface area contributed by atoms with E-state index in [1.54, 1.807) is 18.2 Å². The zero-order valence-corrected chi connectivity index (χ0v) is 19.1. The number of likely N-dealkylation sites (N-methyl/N-ethyl adjacent to an activating group) is 1. The topological polar surface area (TPSA) is 62.7 Å². The van der Waals surface area contributed by atoms with E-state index in [4.69, 9.17) is 4.74 Å². The fraction of sp³-hybridized carbons (Fsp3) is 0.296. The number of carbonyl (C=O) groups is 2. The molecule has 0 N–H and O–H groups in total. The van der Waals surface area contributed by atoms with Crippen molar-refractivity contribution in [2.45, 2.75) is 25.8 Å². The molecule has 1 saturated heterocycles. The van der Waals surface area contributed by atoms with Crippen LogP contribution >= 0.6 is 0 Å². The SMILES string of the molecule is CCN1CCN(C(=O)Cc2cccc(OC)c2)[C@@H](Cc2ccc(-c3cccnc3)cc2)C1=O. The van der Waals surface area contributed by atoms with Gasteiger partial charge in [-0.2, -0.15) is 0 Å². The Balaban J connectivity index is 1.53. The van der Waals surface area contributed by atoms with E-state index < -0.39 is 6.04 Å². The summed E-state index contributed by atoms with van der Waals surface area (Å²) in [6, 6.07) is 19.1. The number of nitrogens with zero attached hydrogens (tertiary/aromatic N) is 3. The van der Waals surface area contributed by atoms with Crippen molar-refractivity contribution < 1.29 is 14.3 Å². The normalized spacial score (nSPS) is 16.1. The van der Waals surface area contributed by atoms with Crippen LogP contribution in [0.15, 0.2) is 73.1 Å². The van der Waals surface area contributed by atoms with Crippen molar-refractivity contribution in [2.24, 2.45) is 0 Å². The van der Waals surface area contributed by atoms with E-state index in [1.165, 1.54) is 0 Å². The summed E-state index contributed by atoms with van der Waals surface area (Å²) in [5, 5.41) is 0. The molecule has 2 heterocycles. The minimum Gasteiger partial charge on any atom is -0.497 e. The van der Waals surface area contributed by atoms with Crippen LogP contribution in [-0.2, 0) is 22.4 Å². The molecule has 0 bridgehead atoms. The van der Waals surface area contributed by atoms with E-state index >= 15 is 0 Å². The lowest BCUT2D eigenvalue weighted by molar-refractivity contribution is -0.150. The van der Waals surface area contributed by atoms with E-state index in [2.05, 4.69) is 4.98 Å². The third-order valence-corrected chi connectivity index (χ3v) is 6.15. The van der Waals surface area contributed by atoms with Gasteiger partial charge in [-0.25, -0.2) is 0 Å². The number of methoxy groups -OCH3 is 1. The van der Waals surface area contributed by atoms with Crippen LogP contribution in [0.2, 0.25) is 0 Å². The van der Waals surface area contributed by atoms with Gasteiger partial charge in [0.1, 0.15) is 11.8 Å². The fourth-order valence-corrected chi connectivity index (χ4v) is 4.30. The molecule has 1 aliphatic rings. The lowest BCUT2D eigenvalue weighted by atomic mass is 9.98. The number of pyridine rings is 1. The quantitative estimate of drug-likeness (QED) is 0.560. The number of hydrogen-bond donors (Lipinski definition) is 0. The van der Waals surface area contributed by atoms with Crippen LogP contribution in [0.1, 0.15) is 18.1 Å². The van der Waals surface area contributed by atoms with Crippen molar-refractivity contribution in [3.8, 4) is 16.9 Å². The monoisotopic (exact) mass is 443 g/mol. The van der Waals surface area contributed by atoms with Gasteiger partial charge in [0.25, 0.3) is 0 Å². The van der Waals surface area contributed by atoms with Crippen LogP contribution in [0, 0.1) is 0 Å². The number of ether oxygens (including phenoxy) is 1. The minimum atomic E-state index is -0.499. The van der Waals surface area contributed by atoms with E-state index in [9.17, 15) is 9.59 Å². The number of rotatable bonds is 7. The van der Waals surface area contributed by atoms with Gasteiger partial charge < -0.3 is 14.5 Å². The molecule has 1 atom stereocenters. The van der Waals surface area contributed by atoms with Crippen LogP contribution in [0.25, 0.3) is 11.1 Å². The number of hydrogen-bond acceptors (Lipinski definition) is 4. The molecule has 6 nitrogen and oxygen atoms in total. The number of amides is 2. The first kappa shape index (κ1) is 22.5. The highest BCUT2D eigenvalue weighted by atomic mass is 16.5. The van der Waals surface area contributed by atoms with Crippen molar-refractivity contribution in [1.82, 2.24) is 14.8 Å². The molecule has 1 fully saturated rings. The predicted octanol–water partition coefficient (Wildman–Crippen LogP) is 3.60. The largest absolute Gasteiger partial charge is 0.497 e. The van der Waals surface area contributed by atoms with E-state index in [0.29, 0.717) is 26.1 Å². The van der Waals surface area contributed by atoms with Gasteiger partial charge in [-0.3, -0.25) is 14.6 Å². The van der Waals surface area contributed by atoms with Gasteiger partial charge in [-0.15, -0.1) is 0 Å². The molecule has 2 amide bonds. The summed E-state index contributed by atoms with van der Waals surface area (Å²) in [7, 11) is 1.61. The summed E-state index contributed by atoms with van der Waals surface area (Å²) in [6.07, 6.45) is 4.32. The average molecular weight is 444 g/mol. The Hall–Kier alpha value is -3.67. The zero-order valence-electron chi connectivity index (χ0n) is 19.1. The molecule has 4 rings (SSSR count). The van der Waals surface area contributed by atoms with Crippen molar-refractivity contribution in [3.05, 3.63) is 84.2 Å². The van der Waals surface area contributed by atoms with Gasteiger partial charge in [-0.1, -0.05) is 42.5 Å². The summed E-state index contributed by atoms with van der Waals surface area (Å²) in [4.78, 5) is 34.2. The molecule has 0 radical (unpaired) electrons. The molecule has 0 saturated carbocycles. The Morgan fingerprint density at radius 1 is 1.03 bits per heavy atom. The summed E-state index contributed by atoms with van der Waals surface area (Å²) in [5.74, 6) is 0.695. The molecule has 3 aromatic rings.